The van der Waals surface area contributed by atoms with Crippen LogP contribution in [0.25, 0.3) is 0 Å². The second-order valence-corrected chi connectivity index (χ2v) is 3.78. The summed E-state index contributed by atoms with van der Waals surface area (Å²) in [6, 6.07) is -0.813. The van der Waals surface area contributed by atoms with Crippen LogP contribution in [-0.4, -0.2) is 48.2 Å². The minimum absolute atomic E-state index is 0.0438. The molecule has 0 bridgehead atoms. The molecule has 0 aromatic carbocycles. The van der Waals surface area contributed by atoms with Gasteiger partial charge < -0.3 is 14.7 Å². The van der Waals surface area contributed by atoms with Gasteiger partial charge in [-0.15, -0.1) is 0 Å². The normalized spacial score (nSPS) is 12.2. The highest BCUT2D eigenvalue weighted by Crippen LogP contribution is 1.98. The Morgan fingerprint density at radius 3 is 2.50 bits per heavy atom. The standard InChI is InChI=1S/C11H21NO4/c1-4-5-6-7-16-8-10(13)12(3)9(2)11(14)15/h9H,4-8H2,1-3H3,(H,14,15)/t9-/m0/s1. The molecule has 0 spiro atoms. The molecule has 0 radical (unpaired) electrons. The molecule has 0 fully saturated rings. The van der Waals surface area contributed by atoms with Gasteiger partial charge in [0, 0.05) is 13.7 Å². The lowest BCUT2D eigenvalue weighted by Crippen LogP contribution is -2.42. The molecule has 0 heterocycles. The number of carboxylic acid groups (broad SMARTS) is 1. The zero-order valence-electron chi connectivity index (χ0n) is 10.2. The van der Waals surface area contributed by atoms with Crippen molar-refractivity contribution in [2.75, 3.05) is 20.3 Å². The number of carbonyl (C=O) groups excluding carboxylic acids is 1. The van der Waals surface area contributed by atoms with E-state index in [0.717, 1.165) is 19.3 Å². The van der Waals surface area contributed by atoms with Crippen LogP contribution in [-0.2, 0) is 14.3 Å². The first-order valence-corrected chi connectivity index (χ1v) is 5.56. The van der Waals surface area contributed by atoms with Gasteiger partial charge in [-0.25, -0.2) is 4.79 Å². The first-order valence-electron chi connectivity index (χ1n) is 5.56. The molecule has 0 rings (SSSR count). The molecule has 0 saturated carbocycles. The van der Waals surface area contributed by atoms with Crippen molar-refractivity contribution in [3.05, 3.63) is 0 Å². The van der Waals surface area contributed by atoms with E-state index in [2.05, 4.69) is 6.92 Å². The molecule has 0 aliphatic carbocycles. The van der Waals surface area contributed by atoms with Crippen molar-refractivity contribution < 1.29 is 19.4 Å². The van der Waals surface area contributed by atoms with Gasteiger partial charge in [0.1, 0.15) is 12.6 Å². The van der Waals surface area contributed by atoms with Crippen LogP contribution >= 0.6 is 0 Å². The number of rotatable bonds is 8. The fourth-order valence-electron chi connectivity index (χ4n) is 1.10. The van der Waals surface area contributed by atoms with E-state index in [1.54, 1.807) is 0 Å². The monoisotopic (exact) mass is 231 g/mol. The molecule has 94 valence electrons. The van der Waals surface area contributed by atoms with Crippen molar-refractivity contribution in [1.29, 1.82) is 0 Å². The predicted molar refractivity (Wildman–Crippen MR) is 60.2 cm³/mol. The minimum Gasteiger partial charge on any atom is -0.480 e. The fourth-order valence-corrected chi connectivity index (χ4v) is 1.10. The second-order valence-electron chi connectivity index (χ2n) is 3.78. The number of hydrogen-bond acceptors (Lipinski definition) is 3. The number of aliphatic carboxylic acids is 1. The van der Waals surface area contributed by atoms with Gasteiger partial charge in [-0.1, -0.05) is 19.8 Å². The molecule has 0 aromatic rings. The zero-order valence-corrected chi connectivity index (χ0v) is 10.2. The minimum atomic E-state index is -1.01. The predicted octanol–water partition coefficient (Wildman–Crippen LogP) is 1.12. The molecule has 1 N–H and O–H groups in total. The van der Waals surface area contributed by atoms with Crippen molar-refractivity contribution in [2.24, 2.45) is 0 Å². The molecule has 0 saturated heterocycles. The number of amides is 1. The molecule has 1 atom stereocenters. The summed E-state index contributed by atoms with van der Waals surface area (Å²) in [5.74, 6) is -1.31. The Balaban J connectivity index is 3.75. The van der Waals surface area contributed by atoms with E-state index in [4.69, 9.17) is 9.84 Å². The van der Waals surface area contributed by atoms with Gasteiger partial charge in [0.2, 0.25) is 5.91 Å². The van der Waals surface area contributed by atoms with Gasteiger partial charge in [0.05, 0.1) is 0 Å². The Labute approximate surface area is 96.4 Å². The number of likely N-dealkylation sites (N-methyl/N-ethyl adjacent to an activating group) is 1. The third-order valence-corrected chi connectivity index (χ3v) is 2.45. The average molecular weight is 231 g/mol. The van der Waals surface area contributed by atoms with Crippen molar-refractivity contribution >= 4 is 11.9 Å². The van der Waals surface area contributed by atoms with Crippen LogP contribution in [0.2, 0.25) is 0 Å². The SMILES string of the molecule is CCCCCOCC(=O)N(C)[C@@H](C)C(=O)O. The smallest absolute Gasteiger partial charge is 0.326 e. The van der Waals surface area contributed by atoms with E-state index < -0.39 is 12.0 Å². The van der Waals surface area contributed by atoms with Crippen LogP contribution in [0, 0.1) is 0 Å². The number of unbranched alkanes of at least 4 members (excludes halogenated alkanes) is 2. The third kappa shape index (κ3) is 5.70. The maximum Gasteiger partial charge on any atom is 0.326 e. The van der Waals surface area contributed by atoms with Crippen molar-refractivity contribution in [3.63, 3.8) is 0 Å². The van der Waals surface area contributed by atoms with Crippen molar-refractivity contribution in [1.82, 2.24) is 4.90 Å². The largest absolute Gasteiger partial charge is 0.480 e. The third-order valence-electron chi connectivity index (χ3n) is 2.45. The molecule has 5 nitrogen and oxygen atoms in total. The number of carboxylic acids is 1. The zero-order chi connectivity index (χ0) is 12.6. The van der Waals surface area contributed by atoms with E-state index in [-0.39, 0.29) is 12.5 Å². The highest BCUT2D eigenvalue weighted by atomic mass is 16.5. The quantitative estimate of drug-likeness (QED) is 0.636. The van der Waals surface area contributed by atoms with Gasteiger partial charge in [0.25, 0.3) is 0 Å². The number of nitrogens with zero attached hydrogens (tertiary/aromatic N) is 1. The second kappa shape index (κ2) is 8.10. The van der Waals surface area contributed by atoms with Crippen LogP contribution in [0.15, 0.2) is 0 Å². The van der Waals surface area contributed by atoms with E-state index in [1.807, 2.05) is 0 Å². The molecule has 0 unspecified atom stereocenters. The summed E-state index contributed by atoms with van der Waals surface area (Å²) < 4.78 is 5.16. The van der Waals surface area contributed by atoms with E-state index >= 15 is 0 Å². The maximum absolute atomic E-state index is 11.5. The lowest BCUT2D eigenvalue weighted by molar-refractivity contribution is -0.150. The molecular weight excluding hydrogens is 210 g/mol. The Hall–Kier alpha value is -1.10. The molecule has 0 aliphatic rings. The Morgan fingerprint density at radius 2 is 2.00 bits per heavy atom. The number of carbonyl (C=O) groups is 2. The van der Waals surface area contributed by atoms with Crippen LogP contribution in [0.4, 0.5) is 0 Å². The lowest BCUT2D eigenvalue weighted by Gasteiger charge is -2.21. The summed E-state index contributed by atoms with van der Waals surface area (Å²) >= 11 is 0. The lowest BCUT2D eigenvalue weighted by atomic mass is 10.3. The van der Waals surface area contributed by atoms with Gasteiger partial charge in [-0.05, 0) is 13.3 Å². The van der Waals surface area contributed by atoms with Crippen LogP contribution in [0.3, 0.4) is 0 Å². The highest BCUT2D eigenvalue weighted by molar-refractivity contribution is 5.83. The van der Waals surface area contributed by atoms with Gasteiger partial charge in [-0.3, -0.25) is 4.79 Å². The Morgan fingerprint density at radius 1 is 1.38 bits per heavy atom. The maximum atomic E-state index is 11.5. The molecular formula is C11H21NO4. The summed E-state index contributed by atoms with van der Waals surface area (Å²) in [6.45, 7) is 4.07. The summed E-state index contributed by atoms with van der Waals surface area (Å²) in [4.78, 5) is 23.3. The van der Waals surface area contributed by atoms with Crippen LogP contribution < -0.4 is 0 Å². The Kier molecular flexibility index (Phi) is 7.54. The first-order chi connectivity index (χ1) is 7.50. The topological polar surface area (TPSA) is 66.8 Å². The molecule has 5 heteroatoms. The molecule has 16 heavy (non-hydrogen) atoms. The van der Waals surface area contributed by atoms with Gasteiger partial charge in [0.15, 0.2) is 0 Å². The summed E-state index contributed by atoms with van der Waals surface area (Å²) in [5, 5.41) is 8.71. The molecule has 0 aliphatic heterocycles. The fraction of sp³-hybridized carbons (Fsp3) is 0.818. The summed E-state index contributed by atoms with van der Waals surface area (Å²) in [6.07, 6.45) is 3.12. The van der Waals surface area contributed by atoms with Crippen LogP contribution in [0.5, 0.6) is 0 Å². The Bertz CT molecular complexity index is 230. The molecule has 0 aromatic heterocycles. The summed E-state index contributed by atoms with van der Waals surface area (Å²) in [5.41, 5.74) is 0. The number of hydrogen-bond donors (Lipinski definition) is 1. The highest BCUT2D eigenvalue weighted by Gasteiger charge is 2.21. The first kappa shape index (κ1) is 14.9. The van der Waals surface area contributed by atoms with Gasteiger partial charge in [-0.2, -0.15) is 0 Å². The van der Waals surface area contributed by atoms with Crippen LogP contribution in [0.1, 0.15) is 33.1 Å². The number of ether oxygens (including phenoxy) is 1. The van der Waals surface area contributed by atoms with E-state index in [0.29, 0.717) is 6.61 Å². The average Bonchev–Trinajstić information content (AvgIpc) is 2.26. The van der Waals surface area contributed by atoms with Crippen molar-refractivity contribution in [2.45, 2.75) is 39.2 Å². The molecule has 1 amide bonds. The van der Waals surface area contributed by atoms with E-state index in [9.17, 15) is 9.59 Å². The summed E-state index contributed by atoms with van der Waals surface area (Å²) in [7, 11) is 1.47. The van der Waals surface area contributed by atoms with E-state index in [1.165, 1.54) is 18.9 Å². The van der Waals surface area contributed by atoms with Gasteiger partial charge >= 0.3 is 5.97 Å². The van der Waals surface area contributed by atoms with Crippen molar-refractivity contribution in [3.8, 4) is 0 Å².